The van der Waals surface area contributed by atoms with Gasteiger partial charge in [0.25, 0.3) is 0 Å². The van der Waals surface area contributed by atoms with Gasteiger partial charge in [0.1, 0.15) is 5.82 Å². The zero-order chi connectivity index (χ0) is 11.8. The van der Waals surface area contributed by atoms with Crippen molar-refractivity contribution in [2.24, 2.45) is 0 Å². The number of hydrogen-bond donors (Lipinski definition) is 1. The Kier molecular flexibility index (Phi) is 2.48. The Labute approximate surface area is 106 Å². The number of hydrogen-bond acceptors (Lipinski definition) is 0. The fourth-order valence-corrected chi connectivity index (χ4v) is 2.38. The molecule has 0 aliphatic rings. The van der Waals surface area contributed by atoms with Gasteiger partial charge in [-0.25, -0.2) is 4.39 Å². The van der Waals surface area contributed by atoms with Crippen LogP contribution in [-0.4, -0.2) is 4.98 Å². The number of H-pyrrole nitrogens is 1. The zero-order valence-corrected chi connectivity index (χ0v) is 10.5. The Hall–Kier alpha value is -1.61. The number of benzene rings is 2. The molecule has 0 aliphatic heterocycles. The Balaban J connectivity index is 2.18. The predicted octanol–water partition coefficient (Wildman–Crippen LogP) is 4.74. The van der Waals surface area contributed by atoms with Crippen LogP contribution in [0.15, 0.2) is 53.0 Å². The largest absolute Gasteiger partial charge is 0.354 e. The lowest BCUT2D eigenvalue weighted by Gasteiger charge is -1.96. The maximum atomic E-state index is 12.9. The normalized spacial score (nSPS) is 10.9. The minimum absolute atomic E-state index is 0.217. The molecule has 3 aromatic rings. The fourth-order valence-electron chi connectivity index (χ4n) is 1.90. The van der Waals surface area contributed by atoms with Crippen LogP contribution in [0.3, 0.4) is 0 Å². The molecule has 17 heavy (non-hydrogen) atoms. The molecule has 0 fully saturated rings. The lowest BCUT2D eigenvalue weighted by Crippen LogP contribution is -1.77. The molecule has 0 atom stereocenters. The second kappa shape index (κ2) is 4.00. The third kappa shape index (κ3) is 1.87. The maximum Gasteiger partial charge on any atom is 0.123 e. The number of fused-ring (bicyclic) bond motifs is 1. The Bertz CT molecular complexity index is 670. The van der Waals surface area contributed by atoms with Gasteiger partial charge in [-0.2, -0.15) is 0 Å². The number of aromatic nitrogens is 1. The van der Waals surface area contributed by atoms with Crippen molar-refractivity contribution in [2.45, 2.75) is 0 Å². The SMILES string of the molecule is Fc1ccc(-c2cc3c(Br)cccc3[nH]2)cc1. The number of nitrogens with one attached hydrogen (secondary N) is 1. The van der Waals surface area contributed by atoms with Crippen LogP contribution in [-0.2, 0) is 0 Å². The van der Waals surface area contributed by atoms with Crippen LogP contribution >= 0.6 is 15.9 Å². The van der Waals surface area contributed by atoms with Crippen LogP contribution in [0.1, 0.15) is 0 Å². The summed E-state index contributed by atoms with van der Waals surface area (Å²) in [6.45, 7) is 0. The zero-order valence-electron chi connectivity index (χ0n) is 8.87. The van der Waals surface area contributed by atoms with Gasteiger partial charge in [0.15, 0.2) is 0 Å². The lowest BCUT2D eigenvalue weighted by atomic mass is 10.1. The molecule has 1 heterocycles. The van der Waals surface area contributed by atoms with Crippen LogP contribution < -0.4 is 0 Å². The first kappa shape index (κ1) is 10.5. The average molecular weight is 290 g/mol. The molecule has 1 nitrogen and oxygen atoms in total. The van der Waals surface area contributed by atoms with E-state index in [1.165, 1.54) is 12.1 Å². The van der Waals surface area contributed by atoms with E-state index in [0.717, 1.165) is 26.6 Å². The highest BCUT2D eigenvalue weighted by molar-refractivity contribution is 9.10. The molecule has 2 aromatic carbocycles. The third-order valence-corrected chi connectivity index (χ3v) is 3.46. The van der Waals surface area contributed by atoms with E-state index in [1.54, 1.807) is 12.1 Å². The molecule has 0 unspecified atom stereocenters. The van der Waals surface area contributed by atoms with Crippen molar-refractivity contribution in [3.05, 3.63) is 58.8 Å². The molecule has 3 rings (SSSR count). The minimum atomic E-state index is -0.217. The van der Waals surface area contributed by atoms with Crippen molar-refractivity contribution < 1.29 is 4.39 Å². The van der Waals surface area contributed by atoms with Crippen molar-refractivity contribution in [1.29, 1.82) is 0 Å². The molecule has 84 valence electrons. The number of halogens is 2. The molecule has 1 aromatic heterocycles. The standard InChI is InChI=1S/C14H9BrFN/c15-12-2-1-3-13-11(12)8-14(17-13)9-4-6-10(16)7-5-9/h1-8,17H. The van der Waals surface area contributed by atoms with Crippen molar-refractivity contribution in [3.63, 3.8) is 0 Å². The van der Waals surface area contributed by atoms with E-state index < -0.39 is 0 Å². The summed E-state index contributed by atoms with van der Waals surface area (Å²) in [6, 6.07) is 14.6. The van der Waals surface area contributed by atoms with Crippen LogP contribution in [0.4, 0.5) is 4.39 Å². The molecule has 0 spiro atoms. The molecule has 0 radical (unpaired) electrons. The van der Waals surface area contributed by atoms with Gasteiger partial charge in [0.2, 0.25) is 0 Å². The van der Waals surface area contributed by atoms with E-state index in [1.807, 2.05) is 18.2 Å². The van der Waals surface area contributed by atoms with Crippen LogP contribution in [0.25, 0.3) is 22.2 Å². The van der Waals surface area contributed by atoms with Crippen molar-refractivity contribution in [1.82, 2.24) is 4.98 Å². The van der Waals surface area contributed by atoms with E-state index in [9.17, 15) is 4.39 Å². The summed E-state index contributed by atoms with van der Waals surface area (Å²) in [6.07, 6.45) is 0. The molecular weight excluding hydrogens is 281 g/mol. The minimum Gasteiger partial charge on any atom is -0.354 e. The fraction of sp³-hybridized carbons (Fsp3) is 0. The van der Waals surface area contributed by atoms with E-state index in [4.69, 9.17) is 0 Å². The second-order valence-electron chi connectivity index (χ2n) is 3.89. The van der Waals surface area contributed by atoms with Crippen molar-refractivity contribution in [2.75, 3.05) is 0 Å². The van der Waals surface area contributed by atoms with Gasteiger partial charge in [0, 0.05) is 21.1 Å². The molecule has 0 bridgehead atoms. The lowest BCUT2D eigenvalue weighted by molar-refractivity contribution is 0.628. The Morgan fingerprint density at radius 2 is 1.76 bits per heavy atom. The topological polar surface area (TPSA) is 15.8 Å². The van der Waals surface area contributed by atoms with E-state index in [2.05, 4.69) is 27.0 Å². The van der Waals surface area contributed by atoms with E-state index >= 15 is 0 Å². The van der Waals surface area contributed by atoms with Gasteiger partial charge in [-0.3, -0.25) is 0 Å². The van der Waals surface area contributed by atoms with Gasteiger partial charge in [-0.1, -0.05) is 22.0 Å². The van der Waals surface area contributed by atoms with Gasteiger partial charge >= 0.3 is 0 Å². The molecule has 0 saturated heterocycles. The molecule has 3 heteroatoms. The van der Waals surface area contributed by atoms with Gasteiger partial charge in [0.05, 0.1) is 0 Å². The molecular formula is C14H9BrFN. The first-order valence-electron chi connectivity index (χ1n) is 5.27. The van der Waals surface area contributed by atoms with E-state index in [-0.39, 0.29) is 5.82 Å². The molecule has 0 amide bonds. The highest BCUT2D eigenvalue weighted by atomic mass is 79.9. The van der Waals surface area contributed by atoms with Gasteiger partial charge in [-0.15, -0.1) is 0 Å². The summed E-state index contributed by atoms with van der Waals surface area (Å²) in [4.78, 5) is 3.32. The van der Waals surface area contributed by atoms with Gasteiger partial charge < -0.3 is 4.98 Å². The molecule has 0 aliphatic carbocycles. The van der Waals surface area contributed by atoms with Gasteiger partial charge in [-0.05, 0) is 48.0 Å². The smallest absolute Gasteiger partial charge is 0.123 e. The monoisotopic (exact) mass is 289 g/mol. The van der Waals surface area contributed by atoms with Crippen LogP contribution in [0.2, 0.25) is 0 Å². The Morgan fingerprint density at radius 3 is 2.47 bits per heavy atom. The second-order valence-corrected chi connectivity index (χ2v) is 4.75. The molecule has 1 N–H and O–H groups in total. The molecule has 0 saturated carbocycles. The maximum absolute atomic E-state index is 12.9. The predicted molar refractivity (Wildman–Crippen MR) is 71.4 cm³/mol. The highest BCUT2D eigenvalue weighted by Crippen LogP contribution is 2.29. The van der Waals surface area contributed by atoms with Crippen LogP contribution in [0, 0.1) is 5.82 Å². The quantitative estimate of drug-likeness (QED) is 0.666. The first-order chi connectivity index (χ1) is 8.24. The summed E-state index contributed by atoms with van der Waals surface area (Å²) >= 11 is 3.51. The van der Waals surface area contributed by atoms with Crippen molar-refractivity contribution in [3.8, 4) is 11.3 Å². The summed E-state index contributed by atoms with van der Waals surface area (Å²) in [5.41, 5.74) is 3.04. The Morgan fingerprint density at radius 1 is 1.00 bits per heavy atom. The summed E-state index contributed by atoms with van der Waals surface area (Å²) < 4.78 is 13.9. The van der Waals surface area contributed by atoms with E-state index in [0.29, 0.717) is 0 Å². The average Bonchev–Trinajstić information content (AvgIpc) is 2.75. The highest BCUT2D eigenvalue weighted by Gasteiger charge is 2.05. The number of aromatic amines is 1. The third-order valence-electron chi connectivity index (χ3n) is 2.77. The summed E-state index contributed by atoms with van der Waals surface area (Å²) in [5, 5.41) is 1.13. The first-order valence-corrected chi connectivity index (χ1v) is 6.06. The van der Waals surface area contributed by atoms with Crippen molar-refractivity contribution >= 4 is 26.8 Å². The summed E-state index contributed by atoms with van der Waals surface area (Å²) in [7, 11) is 0. The number of rotatable bonds is 1. The van der Waals surface area contributed by atoms with Crippen LogP contribution in [0.5, 0.6) is 0 Å². The summed E-state index contributed by atoms with van der Waals surface area (Å²) in [5.74, 6) is -0.217.